The van der Waals surface area contributed by atoms with Crippen LogP contribution in [0.25, 0.3) is 10.2 Å². The number of aryl methyl sites for hydroxylation is 2. The average Bonchev–Trinajstić information content (AvgIpc) is 2.86. The minimum absolute atomic E-state index is 0.238. The van der Waals surface area contributed by atoms with Crippen molar-refractivity contribution in [2.24, 2.45) is 0 Å². The van der Waals surface area contributed by atoms with Crippen molar-refractivity contribution in [3.63, 3.8) is 0 Å². The van der Waals surface area contributed by atoms with E-state index in [0.29, 0.717) is 5.52 Å². The largest absolute Gasteiger partial charge is 0.331 e. The molecule has 3 rings (SSSR count). The monoisotopic (exact) mass is 316 g/mol. The molecule has 0 amide bonds. The van der Waals surface area contributed by atoms with E-state index in [1.165, 1.54) is 16.0 Å². The molecule has 0 unspecified atom stereocenters. The summed E-state index contributed by atoms with van der Waals surface area (Å²) >= 11 is 6.75. The molecule has 0 spiro atoms. The Labute approximate surface area is 130 Å². The Hall–Kier alpha value is -2.12. The summed E-state index contributed by atoms with van der Waals surface area (Å²) in [6.07, 6.45) is 0. The van der Waals surface area contributed by atoms with Crippen LogP contribution in [0, 0.1) is 13.8 Å². The maximum absolute atomic E-state index is 12.4. The first-order valence-electron chi connectivity index (χ1n) is 6.30. The van der Waals surface area contributed by atoms with Gasteiger partial charge in [-0.05, 0) is 38.2 Å². The number of aromatic nitrogens is 3. The molecule has 0 aliphatic heterocycles. The number of hydrogen-bond donors (Lipinski definition) is 1. The number of rotatable bonds is 1. The molecule has 0 aliphatic rings. The van der Waals surface area contributed by atoms with Crippen LogP contribution in [0.2, 0.25) is 0 Å². The third kappa shape index (κ3) is 2.57. The maximum atomic E-state index is 12.4. The Bertz CT molecular complexity index is 883. The lowest BCUT2D eigenvalue weighted by atomic mass is 10.3. The number of anilines is 1. The van der Waals surface area contributed by atoms with Gasteiger partial charge < -0.3 is 5.32 Å². The number of nitrogens with one attached hydrogen (secondary N) is 1. The van der Waals surface area contributed by atoms with Crippen molar-refractivity contribution < 1.29 is 0 Å². The first-order valence-corrected chi connectivity index (χ1v) is 7.52. The summed E-state index contributed by atoms with van der Waals surface area (Å²) in [5.74, 6) is 0. The number of thiazole rings is 1. The third-order valence-corrected chi connectivity index (χ3v) is 4.28. The fourth-order valence-corrected chi connectivity index (χ4v) is 3.09. The molecule has 1 aromatic carbocycles. The Morgan fingerprint density at radius 2 is 2.00 bits per heavy atom. The van der Waals surface area contributed by atoms with Crippen LogP contribution in [0.1, 0.15) is 10.7 Å². The minimum atomic E-state index is -0.298. The van der Waals surface area contributed by atoms with E-state index in [4.69, 9.17) is 12.2 Å². The Morgan fingerprint density at radius 3 is 2.71 bits per heavy atom. The predicted molar refractivity (Wildman–Crippen MR) is 89.2 cm³/mol. The maximum Gasteiger partial charge on any atom is 0.300 e. The first kappa shape index (κ1) is 13.8. The van der Waals surface area contributed by atoms with E-state index < -0.39 is 0 Å². The van der Waals surface area contributed by atoms with E-state index in [1.54, 1.807) is 0 Å². The lowest BCUT2D eigenvalue weighted by Crippen LogP contribution is -2.33. The molecule has 3 aromatic rings. The predicted octanol–water partition coefficient (Wildman–Crippen LogP) is 2.71. The van der Waals surface area contributed by atoms with Crippen molar-refractivity contribution in [3.8, 4) is 0 Å². The molecule has 2 aromatic heterocycles. The third-order valence-electron chi connectivity index (χ3n) is 2.93. The summed E-state index contributed by atoms with van der Waals surface area (Å²) in [6, 6.07) is 9.43. The van der Waals surface area contributed by atoms with Gasteiger partial charge in [-0.1, -0.05) is 18.2 Å². The number of fused-ring (bicyclic) bond motifs is 1. The summed E-state index contributed by atoms with van der Waals surface area (Å²) < 4.78 is 2.01. The molecule has 0 bridgehead atoms. The number of nitrogens with zero attached hydrogens (tertiary/aromatic N) is 3. The summed E-state index contributed by atoms with van der Waals surface area (Å²) in [5, 5.41) is 8.36. The van der Waals surface area contributed by atoms with Crippen LogP contribution in [-0.2, 0) is 0 Å². The highest BCUT2D eigenvalue weighted by Crippen LogP contribution is 2.20. The molecule has 106 valence electrons. The van der Waals surface area contributed by atoms with Crippen molar-refractivity contribution in [1.29, 1.82) is 0 Å². The fourth-order valence-electron chi connectivity index (χ4n) is 1.99. The normalized spacial score (nSPS) is 10.8. The van der Waals surface area contributed by atoms with Crippen LogP contribution >= 0.6 is 23.6 Å². The van der Waals surface area contributed by atoms with E-state index in [0.717, 1.165) is 21.1 Å². The number of benzene rings is 1. The van der Waals surface area contributed by atoms with Crippen LogP contribution < -0.4 is 10.9 Å². The Morgan fingerprint density at radius 1 is 1.29 bits per heavy atom. The molecule has 0 saturated carbocycles. The molecule has 1 N–H and O–H groups in total. The van der Waals surface area contributed by atoms with E-state index in [-0.39, 0.29) is 10.7 Å². The smallest absolute Gasteiger partial charge is 0.300 e. The van der Waals surface area contributed by atoms with Crippen molar-refractivity contribution in [3.05, 3.63) is 51.4 Å². The molecule has 0 fully saturated rings. The van der Waals surface area contributed by atoms with Crippen molar-refractivity contribution in [2.75, 3.05) is 5.32 Å². The van der Waals surface area contributed by atoms with Gasteiger partial charge in [0.2, 0.25) is 5.11 Å². The highest BCUT2D eigenvalue weighted by molar-refractivity contribution is 7.80. The number of thiocarbonyl (C=S) groups is 1. The quantitative estimate of drug-likeness (QED) is 0.700. The van der Waals surface area contributed by atoms with Gasteiger partial charge in [-0.15, -0.1) is 11.3 Å². The van der Waals surface area contributed by atoms with Crippen molar-refractivity contribution in [1.82, 2.24) is 14.8 Å². The lowest BCUT2D eigenvalue weighted by molar-refractivity contribution is 0.853. The summed E-state index contributed by atoms with van der Waals surface area (Å²) in [4.78, 5) is 16.7. The van der Waals surface area contributed by atoms with Gasteiger partial charge in [0.05, 0.1) is 15.4 Å². The molecule has 0 atom stereocenters. The van der Waals surface area contributed by atoms with Crippen molar-refractivity contribution in [2.45, 2.75) is 13.8 Å². The number of hydrogen-bond acceptors (Lipinski definition) is 5. The second kappa shape index (κ2) is 5.34. The average molecular weight is 316 g/mol. The van der Waals surface area contributed by atoms with Crippen LogP contribution in [0.4, 0.5) is 5.69 Å². The van der Waals surface area contributed by atoms with Crippen LogP contribution in [-0.4, -0.2) is 19.9 Å². The highest BCUT2D eigenvalue weighted by atomic mass is 32.1. The molecule has 0 aliphatic carbocycles. The molecule has 0 saturated heterocycles. The molecular weight excluding hydrogens is 304 g/mol. The van der Waals surface area contributed by atoms with Crippen LogP contribution in [0.5, 0.6) is 0 Å². The topological polar surface area (TPSA) is 59.8 Å². The fraction of sp³-hybridized carbons (Fsp3) is 0.143. The van der Waals surface area contributed by atoms with Gasteiger partial charge in [0.25, 0.3) is 0 Å². The summed E-state index contributed by atoms with van der Waals surface area (Å²) in [5.41, 5.74) is 1.67. The van der Waals surface area contributed by atoms with E-state index in [2.05, 4.69) is 15.4 Å². The van der Waals surface area contributed by atoms with E-state index in [9.17, 15) is 4.79 Å². The van der Waals surface area contributed by atoms with Crippen molar-refractivity contribution >= 4 is 44.6 Å². The van der Waals surface area contributed by atoms with Gasteiger partial charge in [-0.3, -0.25) is 4.79 Å². The molecule has 21 heavy (non-hydrogen) atoms. The SMILES string of the molecule is Cc1nc2c(=O)n(C(=S)Nc3ccccc3)nc(C)c2s1. The highest BCUT2D eigenvalue weighted by Gasteiger charge is 2.14. The zero-order valence-electron chi connectivity index (χ0n) is 11.5. The van der Waals surface area contributed by atoms with Gasteiger partial charge in [0.1, 0.15) is 0 Å². The first-order chi connectivity index (χ1) is 10.1. The Balaban J connectivity index is 2.06. The molecule has 5 nitrogen and oxygen atoms in total. The molecule has 7 heteroatoms. The Kier molecular flexibility index (Phi) is 3.52. The minimum Gasteiger partial charge on any atom is -0.331 e. The second-order valence-electron chi connectivity index (χ2n) is 4.51. The van der Waals surface area contributed by atoms with Gasteiger partial charge >= 0.3 is 5.56 Å². The summed E-state index contributed by atoms with van der Waals surface area (Å²) in [6.45, 7) is 3.72. The van der Waals surface area contributed by atoms with Gasteiger partial charge in [-0.25, -0.2) is 4.98 Å². The van der Waals surface area contributed by atoms with Crippen LogP contribution in [0.3, 0.4) is 0 Å². The zero-order chi connectivity index (χ0) is 15.0. The summed E-state index contributed by atoms with van der Waals surface area (Å²) in [7, 11) is 0. The van der Waals surface area contributed by atoms with Gasteiger partial charge in [0.15, 0.2) is 5.52 Å². The van der Waals surface area contributed by atoms with Crippen LogP contribution in [0.15, 0.2) is 35.1 Å². The van der Waals surface area contributed by atoms with Gasteiger partial charge in [0, 0.05) is 5.69 Å². The standard InChI is InChI=1S/C14H12N4OS2/c1-8-12-11(15-9(2)21-12)13(19)18(17-8)14(20)16-10-6-4-3-5-7-10/h3-7H,1-2H3,(H,16,20). The molecule has 0 radical (unpaired) electrons. The number of para-hydroxylation sites is 1. The van der Waals surface area contributed by atoms with E-state index >= 15 is 0 Å². The zero-order valence-corrected chi connectivity index (χ0v) is 13.1. The second-order valence-corrected chi connectivity index (χ2v) is 6.10. The van der Waals surface area contributed by atoms with E-state index in [1.807, 2.05) is 44.2 Å². The molecule has 2 heterocycles. The molecular formula is C14H12N4OS2. The van der Waals surface area contributed by atoms with Gasteiger partial charge in [-0.2, -0.15) is 9.78 Å². The lowest BCUT2D eigenvalue weighted by Gasteiger charge is -2.09.